The first kappa shape index (κ1) is 20.4. The van der Waals surface area contributed by atoms with Gasteiger partial charge in [-0.25, -0.2) is 0 Å². The largest absolute Gasteiger partial charge is 0.400 e. The van der Waals surface area contributed by atoms with Crippen molar-refractivity contribution < 1.29 is 14.9 Å². The summed E-state index contributed by atoms with van der Waals surface area (Å²) in [5.41, 5.74) is 2.70. The zero-order valence-corrected chi connectivity index (χ0v) is 13.2. The minimum absolute atomic E-state index is 0.344. The number of aliphatic hydroxyl groups is 2. The van der Waals surface area contributed by atoms with E-state index in [9.17, 15) is 0 Å². The monoisotopic (exact) mass is 270 g/mol. The number of hydrogen-bond acceptors (Lipinski definition) is 3. The minimum atomic E-state index is 0.344. The van der Waals surface area contributed by atoms with Crippen LogP contribution in [0.3, 0.4) is 0 Å². The standard InChI is InChI=1S/C14H22O.2CH4O/c1-5-12(3)14(15-4)10-13-8-6-7-11(2)9-13;2*1-2/h6-9,12,14H,5,10H2,1-4H3;2*2H,1H3/t12-,14-;;/m1../s1. The third kappa shape index (κ3) is 8.76. The van der Waals surface area contributed by atoms with E-state index in [0.29, 0.717) is 12.0 Å². The van der Waals surface area contributed by atoms with Gasteiger partial charge in [-0.3, -0.25) is 0 Å². The quantitative estimate of drug-likeness (QED) is 0.865. The average molecular weight is 270 g/mol. The maximum atomic E-state index is 7.00. The van der Waals surface area contributed by atoms with E-state index < -0.39 is 0 Å². The zero-order chi connectivity index (χ0) is 15.3. The highest BCUT2D eigenvalue weighted by molar-refractivity contribution is 5.22. The van der Waals surface area contributed by atoms with Gasteiger partial charge in [-0.15, -0.1) is 0 Å². The van der Waals surface area contributed by atoms with E-state index in [-0.39, 0.29) is 0 Å². The summed E-state index contributed by atoms with van der Waals surface area (Å²) < 4.78 is 5.55. The number of ether oxygens (including phenoxy) is 1. The number of aryl methyl sites for hydroxylation is 1. The van der Waals surface area contributed by atoms with Crippen LogP contribution in [0.4, 0.5) is 0 Å². The van der Waals surface area contributed by atoms with E-state index in [1.807, 2.05) is 7.11 Å². The van der Waals surface area contributed by atoms with Gasteiger partial charge in [0.15, 0.2) is 0 Å². The molecule has 112 valence electrons. The van der Waals surface area contributed by atoms with Gasteiger partial charge in [0.05, 0.1) is 6.10 Å². The van der Waals surface area contributed by atoms with Crippen LogP contribution in [-0.4, -0.2) is 37.6 Å². The Balaban J connectivity index is 0. The zero-order valence-electron chi connectivity index (χ0n) is 13.2. The number of hydrogen-bond donors (Lipinski definition) is 2. The van der Waals surface area contributed by atoms with Crippen LogP contribution in [0.5, 0.6) is 0 Å². The smallest absolute Gasteiger partial charge is 0.0637 e. The molecule has 0 heterocycles. The molecular weight excluding hydrogens is 240 g/mol. The molecule has 0 spiro atoms. The van der Waals surface area contributed by atoms with Crippen molar-refractivity contribution >= 4 is 0 Å². The predicted molar refractivity (Wildman–Crippen MR) is 81.4 cm³/mol. The molecule has 1 aromatic rings. The van der Waals surface area contributed by atoms with Crippen LogP contribution in [0.15, 0.2) is 24.3 Å². The van der Waals surface area contributed by atoms with Crippen molar-refractivity contribution in [1.82, 2.24) is 0 Å². The molecule has 0 fully saturated rings. The highest BCUT2D eigenvalue weighted by Gasteiger charge is 2.15. The molecule has 2 atom stereocenters. The van der Waals surface area contributed by atoms with Gasteiger partial charge in [-0.05, 0) is 24.8 Å². The lowest BCUT2D eigenvalue weighted by Gasteiger charge is -2.21. The van der Waals surface area contributed by atoms with Gasteiger partial charge in [-0.2, -0.15) is 0 Å². The Morgan fingerprint density at radius 2 is 1.74 bits per heavy atom. The van der Waals surface area contributed by atoms with Crippen molar-refractivity contribution in [3.63, 3.8) is 0 Å². The molecule has 0 saturated heterocycles. The Morgan fingerprint density at radius 1 is 1.16 bits per heavy atom. The Hall–Kier alpha value is -0.900. The van der Waals surface area contributed by atoms with E-state index in [1.165, 1.54) is 17.5 Å². The number of methoxy groups -OCH3 is 1. The van der Waals surface area contributed by atoms with Gasteiger partial charge < -0.3 is 14.9 Å². The van der Waals surface area contributed by atoms with E-state index in [0.717, 1.165) is 20.6 Å². The molecule has 0 aromatic heterocycles. The van der Waals surface area contributed by atoms with Crippen LogP contribution in [0, 0.1) is 12.8 Å². The number of rotatable bonds is 5. The van der Waals surface area contributed by atoms with Gasteiger partial charge in [0.2, 0.25) is 0 Å². The van der Waals surface area contributed by atoms with Gasteiger partial charge in [0.1, 0.15) is 0 Å². The molecule has 0 unspecified atom stereocenters. The predicted octanol–water partition coefficient (Wildman–Crippen LogP) is 2.82. The average Bonchev–Trinajstić information content (AvgIpc) is 2.48. The molecular formula is C16H30O3. The van der Waals surface area contributed by atoms with Crippen molar-refractivity contribution in [3.8, 4) is 0 Å². The molecule has 19 heavy (non-hydrogen) atoms. The molecule has 0 aliphatic rings. The van der Waals surface area contributed by atoms with Gasteiger partial charge in [0, 0.05) is 21.3 Å². The lowest BCUT2D eigenvalue weighted by Crippen LogP contribution is -2.22. The molecule has 0 saturated carbocycles. The Morgan fingerprint density at radius 3 is 2.16 bits per heavy atom. The van der Waals surface area contributed by atoms with Crippen LogP contribution in [-0.2, 0) is 11.2 Å². The number of aliphatic hydroxyl groups excluding tert-OH is 2. The summed E-state index contributed by atoms with van der Waals surface area (Å²) in [6, 6.07) is 8.68. The second kappa shape index (κ2) is 13.5. The first-order valence-electron chi connectivity index (χ1n) is 6.65. The molecule has 0 bridgehead atoms. The molecule has 2 N–H and O–H groups in total. The first-order valence-corrected chi connectivity index (χ1v) is 6.65. The fourth-order valence-corrected chi connectivity index (χ4v) is 1.85. The maximum Gasteiger partial charge on any atom is 0.0637 e. The molecule has 1 rings (SSSR count). The summed E-state index contributed by atoms with van der Waals surface area (Å²) >= 11 is 0. The molecule has 0 aliphatic carbocycles. The van der Waals surface area contributed by atoms with E-state index in [1.54, 1.807) is 0 Å². The van der Waals surface area contributed by atoms with Crippen LogP contribution in [0.1, 0.15) is 31.4 Å². The van der Waals surface area contributed by atoms with Gasteiger partial charge in [-0.1, -0.05) is 50.1 Å². The fraction of sp³-hybridized carbons (Fsp3) is 0.625. The van der Waals surface area contributed by atoms with Crippen molar-refractivity contribution in [1.29, 1.82) is 0 Å². The van der Waals surface area contributed by atoms with Crippen LogP contribution >= 0.6 is 0 Å². The lowest BCUT2D eigenvalue weighted by atomic mass is 9.95. The highest BCUT2D eigenvalue weighted by Crippen LogP contribution is 2.16. The van der Waals surface area contributed by atoms with E-state index in [2.05, 4.69) is 45.0 Å². The second-order valence-corrected chi connectivity index (χ2v) is 4.35. The van der Waals surface area contributed by atoms with Crippen LogP contribution in [0.25, 0.3) is 0 Å². The molecule has 3 nitrogen and oxygen atoms in total. The highest BCUT2D eigenvalue weighted by atomic mass is 16.5. The number of benzene rings is 1. The Bertz CT molecular complexity index is 300. The second-order valence-electron chi connectivity index (χ2n) is 4.35. The van der Waals surface area contributed by atoms with Gasteiger partial charge >= 0.3 is 0 Å². The third-order valence-corrected chi connectivity index (χ3v) is 3.10. The summed E-state index contributed by atoms with van der Waals surface area (Å²) in [5.74, 6) is 0.621. The fourth-order valence-electron chi connectivity index (χ4n) is 1.85. The molecule has 0 amide bonds. The van der Waals surface area contributed by atoms with Gasteiger partial charge in [0.25, 0.3) is 0 Å². The summed E-state index contributed by atoms with van der Waals surface area (Å²) in [7, 11) is 3.81. The lowest BCUT2D eigenvalue weighted by molar-refractivity contribution is 0.0575. The van der Waals surface area contributed by atoms with Crippen molar-refractivity contribution in [2.75, 3.05) is 21.3 Å². The Kier molecular flexibility index (Phi) is 14.5. The maximum absolute atomic E-state index is 7.00. The molecule has 1 aromatic carbocycles. The topological polar surface area (TPSA) is 49.7 Å². The molecule has 0 aliphatic heterocycles. The van der Waals surface area contributed by atoms with Crippen molar-refractivity contribution in [2.45, 2.75) is 39.7 Å². The Labute approximate surface area is 118 Å². The van der Waals surface area contributed by atoms with Crippen molar-refractivity contribution in [3.05, 3.63) is 35.4 Å². The summed E-state index contributed by atoms with van der Waals surface area (Å²) in [6.07, 6.45) is 2.54. The molecule has 0 radical (unpaired) electrons. The summed E-state index contributed by atoms with van der Waals surface area (Å²) in [5, 5.41) is 14.0. The molecule has 3 heteroatoms. The van der Waals surface area contributed by atoms with Crippen LogP contribution < -0.4 is 0 Å². The van der Waals surface area contributed by atoms with E-state index in [4.69, 9.17) is 14.9 Å². The summed E-state index contributed by atoms with van der Waals surface area (Å²) in [4.78, 5) is 0. The summed E-state index contributed by atoms with van der Waals surface area (Å²) in [6.45, 7) is 6.60. The normalized spacial score (nSPS) is 12.4. The van der Waals surface area contributed by atoms with Crippen molar-refractivity contribution in [2.24, 2.45) is 5.92 Å². The van der Waals surface area contributed by atoms with E-state index >= 15 is 0 Å². The van der Waals surface area contributed by atoms with Crippen LogP contribution in [0.2, 0.25) is 0 Å². The third-order valence-electron chi connectivity index (χ3n) is 3.10. The minimum Gasteiger partial charge on any atom is -0.400 e. The SMILES string of the molecule is CC[C@@H](C)[C@@H](Cc1cccc(C)c1)OC.CO.CO. The first-order chi connectivity index (χ1) is 9.17.